The van der Waals surface area contributed by atoms with Crippen LogP contribution in [-0.2, 0) is 16.0 Å². The van der Waals surface area contributed by atoms with Crippen molar-refractivity contribution in [1.29, 1.82) is 0 Å². The molecule has 1 aliphatic rings. The van der Waals surface area contributed by atoms with Crippen LogP contribution < -0.4 is 4.74 Å². The van der Waals surface area contributed by atoms with E-state index in [-0.39, 0.29) is 29.9 Å². The lowest BCUT2D eigenvalue weighted by molar-refractivity contribution is -0.142. The quantitative estimate of drug-likeness (QED) is 0.798. The first-order valence-electron chi connectivity index (χ1n) is 8.30. The Kier molecular flexibility index (Phi) is 6.06. The summed E-state index contributed by atoms with van der Waals surface area (Å²) >= 11 is 0. The molecular weight excluding hydrogens is 310 g/mol. The normalized spacial score (nSPS) is 20.9. The number of piperidine rings is 1. The van der Waals surface area contributed by atoms with E-state index in [0.29, 0.717) is 31.7 Å². The van der Waals surface area contributed by atoms with Crippen molar-refractivity contribution in [2.24, 2.45) is 11.8 Å². The van der Waals surface area contributed by atoms with Crippen molar-refractivity contribution in [3.05, 3.63) is 23.8 Å². The monoisotopic (exact) mass is 335 g/mol. The lowest BCUT2D eigenvalue weighted by Gasteiger charge is -2.37. The third kappa shape index (κ3) is 4.40. The van der Waals surface area contributed by atoms with Crippen LogP contribution in [0.4, 0.5) is 0 Å². The average Bonchev–Trinajstić information content (AvgIpc) is 2.54. The van der Waals surface area contributed by atoms with Crippen molar-refractivity contribution in [3.63, 3.8) is 0 Å². The molecule has 2 rings (SSSR count). The molecule has 0 aliphatic carbocycles. The van der Waals surface area contributed by atoms with Crippen molar-refractivity contribution in [1.82, 2.24) is 4.90 Å². The third-order valence-electron chi connectivity index (χ3n) is 4.79. The molecule has 1 aromatic carbocycles. The summed E-state index contributed by atoms with van der Waals surface area (Å²) in [5.41, 5.74) is 0.984. The molecule has 0 unspecified atom stereocenters. The number of carboxylic acids is 1. The van der Waals surface area contributed by atoms with Gasteiger partial charge in [0.25, 0.3) is 0 Å². The molecular formula is C18H25NO5. The van der Waals surface area contributed by atoms with Crippen LogP contribution in [-0.4, -0.2) is 47.2 Å². The summed E-state index contributed by atoms with van der Waals surface area (Å²) in [4.78, 5) is 25.1. The summed E-state index contributed by atoms with van der Waals surface area (Å²) in [5.74, 6) is -0.131. The number of likely N-dealkylation sites (tertiary alicyclic amines) is 1. The molecule has 0 saturated carbocycles. The molecule has 24 heavy (non-hydrogen) atoms. The molecule has 0 spiro atoms. The second kappa shape index (κ2) is 8.04. The Morgan fingerprint density at radius 1 is 1.38 bits per heavy atom. The molecule has 6 nitrogen and oxygen atoms in total. The van der Waals surface area contributed by atoms with E-state index in [1.807, 2.05) is 17.9 Å². The van der Waals surface area contributed by atoms with E-state index in [9.17, 15) is 14.7 Å². The van der Waals surface area contributed by atoms with Crippen LogP contribution in [0.15, 0.2) is 18.2 Å². The first-order valence-corrected chi connectivity index (χ1v) is 8.30. The molecule has 1 saturated heterocycles. The van der Waals surface area contributed by atoms with Gasteiger partial charge in [0.1, 0.15) is 0 Å². The van der Waals surface area contributed by atoms with E-state index in [4.69, 9.17) is 9.84 Å². The molecule has 1 heterocycles. The van der Waals surface area contributed by atoms with Crippen LogP contribution in [0.2, 0.25) is 0 Å². The summed E-state index contributed by atoms with van der Waals surface area (Å²) in [6.45, 7) is 3.24. The van der Waals surface area contributed by atoms with Gasteiger partial charge < -0.3 is 19.8 Å². The predicted octanol–water partition coefficient (Wildman–Crippen LogP) is 2.29. The van der Waals surface area contributed by atoms with Crippen LogP contribution in [0.25, 0.3) is 0 Å². The van der Waals surface area contributed by atoms with Gasteiger partial charge in [-0.15, -0.1) is 0 Å². The van der Waals surface area contributed by atoms with E-state index in [0.717, 1.165) is 12.0 Å². The highest BCUT2D eigenvalue weighted by molar-refractivity contribution is 5.78. The Morgan fingerprint density at radius 2 is 2.12 bits per heavy atom. The Bertz CT molecular complexity index is 601. The van der Waals surface area contributed by atoms with Gasteiger partial charge in [-0.3, -0.25) is 9.59 Å². The van der Waals surface area contributed by atoms with Crippen molar-refractivity contribution in [3.8, 4) is 11.5 Å². The summed E-state index contributed by atoms with van der Waals surface area (Å²) in [6, 6.07) is 5.18. The van der Waals surface area contributed by atoms with Crippen LogP contribution >= 0.6 is 0 Å². The number of carboxylic acid groups (broad SMARTS) is 1. The number of aromatic hydroxyl groups is 1. The molecule has 0 aromatic heterocycles. The van der Waals surface area contributed by atoms with E-state index >= 15 is 0 Å². The molecule has 1 aliphatic heterocycles. The third-order valence-corrected chi connectivity index (χ3v) is 4.79. The summed E-state index contributed by atoms with van der Waals surface area (Å²) in [6.07, 6.45) is 1.91. The molecule has 6 heteroatoms. The van der Waals surface area contributed by atoms with Gasteiger partial charge in [0.15, 0.2) is 11.5 Å². The van der Waals surface area contributed by atoms with Gasteiger partial charge in [0, 0.05) is 25.9 Å². The van der Waals surface area contributed by atoms with Gasteiger partial charge >= 0.3 is 5.97 Å². The standard InChI is InChI=1S/C18H25NO5/c1-3-13-11-19(17(21)9-14(13)10-18(22)23)7-6-12-4-5-15(20)16(8-12)24-2/h4-5,8,13-14,20H,3,6-7,9-11H2,1-2H3,(H,22,23)/t13-,14+/m0/s1. The fourth-order valence-electron chi connectivity index (χ4n) is 3.34. The molecule has 1 aromatic rings. The minimum absolute atomic E-state index is 0.0247. The van der Waals surface area contributed by atoms with Crippen molar-refractivity contribution >= 4 is 11.9 Å². The highest BCUT2D eigenvalue weighted by atomic mass is 16.5. The maximum absolute atomic E-state index is 12.3. The summed E-state index contributed by atoms with van der Waals surface area (Å²) in [5, 5.41) is 18.6. The zero-order valence-corrected chi connectivity index (χ0v) is 14.2. The van der Waals surface area contributed by atoms with Crippen LogP contribution in [0.1, 0.15) is 31.7 Å². The Morgan fingerprint density at radius 3 is 2.75 bits per heavy atom. The van der Waals surface area contributed by atoms with Gasteiger partial charge in [0.05, 0.1) is 7.11 Å². The van der Waals surface area contributed by atoms with E-state index in [2.05, 4.69) is 0 Å². The average molecular weight is 335 g/mol. The Labute approximate surface area is 142 Å². The SMILES string of the molecule is CC[C@H]1CN(CCc2ccc(O)c(OC)c2)C(=O)C[C@@H]1CC(=O)O. The number of aliphatic carboxylic acids is 1. The van der Waals surface area contributed by atoms with Crippen LogP contribution in [0, 0.1) is 11.8 Å². The fraction of sp³-hybridized carbons (Fsp3) is 0.556. The summed E-state index contributed by atoms with van der Waals surface area (Å²) in [7, 11) is 1.50. The lowest BCUT2D eigenvalue weighted by atomic mass is 9.81. The minimum atomic E-state index is -0.837. The van der Waals surface area contributed by atoms with Crippen molar-refractivity contribution in [2.75, 3.05) is 20.2 Å². The number of carbonyl (C=O) groups is 2. The number of phenolic OH excluding ortho intramolecular Hbond substituents is 1. The number of ether oxygens (including phenoxy) is 1. The number of nitrogens with zero attached hydrogens (tertiary/aromatic N) is 1. The highest BCUT2D eigenvalue weighted by Gasteiger charge is 2.33. The molecule has 1 fully saturated rings. The number of hydrogen-bond donors (Lipinski definition) is 2. The number of methoxy groups -OCH3 is 1. The van der Waals surface area contributed by atoms with E-state index < -0.39 is 5.97 Å². The number of carbonyl (C=O) groups excluding carboxylic acids is 1. The van der Waals surface area contributed by atoms with Crippen molar-refractivity contribution < 1.29 is 24.5 Å². The molecule has 2 N–H and O–H groups in total. The van der Waals surface area contributed by atoms with Gasteiger partial charge in [-0.2, -0.15) is 0 Å². The zero-order chi connectivity index (χ0) is 17.7. The maximum Gasteiger partial charge on any atom is 0.303 e. The Balaban J connectivity index is 1.97. The smallest absolute Gasteiger partial charge is 0.303 e. The second-order valence-corrected chi connectivity index (χ2v) is 6.33. The molecule has 1 amide bonds. The van der Waals surface area contributed by atoms with Crippen LogP contribution in [0.3, 0.4) is 0 Å². The van der Waals surface area contributed by atoms with Gasteiger partial charge in [-0.25, -0.2) is 0 Å². The molecule has 0 bridgehead atoms. The van der Waals surface area contributed by atoms with Crippen molar-refractivity contribution in [2.45, 2.75) is 32.6 Å². The first-order chi connectivity index (χ1) is 11.4. The lowest BCUT2D eigenvalue weighted by Crippen LogP contribution is -2.45. The zero-order valence-electron chi connectivity index (χ0n) is 14.2. The van der Waals surface area contributed by atoms with Crippen LogP contribution in [0.5, 0.6) is 11.5 Å². The number of amides is 1. The Hall–Kier alpha value is -2.24. The number of hydrogen-bond acceptors (Lipinski definition) is 4. The first kappa shape index (κ1) is 18.1. The second-order valence-electron chi connectivity index (χ2n) is 6.33. The maximum atomic E-state index is 12.3. The minimum Gasteiger partial charge on any atom is -0.504 e. The van der Waals surface area contributed by atoms with Gasteiger partial charge in [-0.05, 0) is 36.0 Å². The number of phenols is 1. The largest absolute Gasteiger partial charge is 0.504 e. The number of rotatable bonds is 7. The highest BCUT2D eigenvalue weighted by Crippen LogP contribution is 2.30. The topological polar surface area (TPSA) is 87.1 Å². The van der Waals surface area contributed by atoms with E-state index in [1.165, 1.54) is 7.11 Å². The van der Waals surface area contributed by atoms with Gasteiger partial charge in [0.2, 0.25) is 5.91 Å². The predicted molar refractivity (Wildman–Crippen MR) is 89.1 cm³/mol. The molecule has 0 radical (unpaired) electrons. The summed E-state index contributed by atoms with van der Waals surface area (Å²) < 4.78 is 5.10. The molecule has 132 valence electrons. The number of benzene rings is 1. The molecule has 2 atom stereocenters. The van der Waals surface area contributed by atoms with Gasteiger partial charge in [-0.1, -0.05) is 19.4 Å². The van der Waals surface area contributed by atoms with E-state index in [1.54, 1.807) is 12.1 Å². The fourth-order valence-corrected chi connectivity index (χ4v) is 3.34.